The summed E-state index contributed by atoms with van der Waals surface area (Å²) in [6.07, 6.45) is 5.29. The SMILES string of the molecule is CCCC(Br)Cc1ccnc2cc(Cl)ccc12. The van der Waals surface area contributed by atoms with Gasteiger partial charge in [0.05, 0.1) is 5.52 Å². The maximum absolute atomic E-state index is 5.98. The first-order chi connectivity index (χ1) is 8.20. The smallest absolute Gasteiger partial charge is 0.0719 e. The van der Waals surface area contributed by atoms with Crippen LogP contribution in [0.2, 0.25) is 5.02 Å². The minimum atomic E-state index is 0.536. The number of hydrogen-bond acceptors (Lipinski definition) is 1. The minimum absolute atomic E-state index is 0.536. The van der Waals surface area contributed by atoms with Gasteiger partial charge in [0.15, 0.2) is 0 Å². The highest BCUT2D eigenvalue weighted by Crippen LogP contribution is 2.24. The molecule has 0 aliphatic heterocycles. The van der Waals surface area contributed by atoms with Crippen molar-refractivity contribution in [1.29, 1.82) is 0 Å². The third-order valence-electron chi connectivity index (χ3n) is 2.84. The summed E-state index contributed by atoms with van der Waals surface area (Å²) in [6.45, 7) is 2.21. The fourth-order valence-electron chi connectivity index (χ4n) is 2.01. The van der Waals surface area contributed by atoms with Crippen LogP contribution in [0.5, 0.6) is 0 Å². The third-order valence-corrected chi connectivity index (χ3v) is 3.86. The lowest BCUT2D eigenvalue weighted by Crippen LogP contribution is -2.02. The standard InChI is InChI=1S/C14H15BrClN/c1-2-3-11(15)8-10-6-7-17-14-9-12(16)4-5-13(10)14/h4-7,9,11H,2-3,8H2,1H3. The zero-order valence-corrected chi connectivity index (χ0v) is 12.1. The zero-order valence-electron chi connectivity index (χ0n) is 9.79. The van der Waals surface area contributed by atoms with Crippen LogP contribution in [-0.2, 0) is 6.42 Å². The molecule has 1 heterocycles. The molecule has 0 radical (unpaired) electrons. The van der Waals surface area contributed by atoms with Crippen LogP contribution in [0.1, 0.15) is 25.3 Å². The average Bonchev–Trinajstić information content (AvgIpc) is 2.29. The van der Waals surface area contributed by atoms with Gasteiger partial charge in [0.25, 0.3) is 0 Å². The largest absolute Gasteiger partial charge is 0.256 e. The second-order valence-electron chi connectivity index (χ2n) is 4.22. The third kappa shape index (κ3) is 3.20. The lowest BCUT2D eigenvalue weighted by atomic mass is 10.0. The molecule has 0 amide bonds. The summed E-state index contributed by atoms with van der Waals surface area (Å²) in [5, 5.41) is 1.95. The van der Waals surface area contributed by atoms with Crippen molar-refractivity contribution in [1.82, 2.24) is 4.98 Å². The molecule has 0 saturated carbocycles. The molecule has 1 unspecified atom stereocenters. The lowest BCUT2D eigenvalue weighted by molar-refractivity contribution is 0.747. The Morgan fingerprint density at radius 1 is 1.35 bits per heavy atom. The van der Waals surface area contributed by atoms with E-state index in [2.05, 4.69) is 40.0 Å². The number of pyridine rings is 1. The number of aromatic nitrogens is 1. The molecular formula is C14H15BrClN. The number of rotatable bonds is 4. The number of hydrogen-bond donors (Lipinski definition) is 0. The quantitative estimate of drug-likeness (QED) is 0.724. The van der Waals surface area contributed by atoms with E-state index in [1.807, 2.05) is 18.3 Å². The van der Waals surface area contributed by atoms with E-state index in [-0.39, 0.29) is 0 Å². The molecule has 0 fully saturated rings. The summed E-state index contributed by atoms with van der Waals surface area (Å²) in [5.41, 5.74) is 2.31. The van der Waals surface area contributed by atoms with Gasteiger partial charge in [0.1, 0.15) is 0 Å². The van der Waals surface area contributed by atoms with Crippen LogP contribution in [0, 0.1) is 0 Å². The Morgan fingerprint density at radius 2 is 2.18 bits per heavy atom. The van der Waals surface area contributed by atoms with E-state index in [0.29, 0.717) is 4.83 Å². The molecule has 0 saturated heterocycles. The molecule has 1 aromatic carbocycles. The van der Waals surface area contributed by atoms with Crippen molar-refractivity contribution in [3.63, 3.8) is 0 Å². The highest BCUT2D eigenvalue weighted by molar-refractivity contribution is 9.09. The van der Waals surface area contributed by atoms with Crippen molar-refractivity contribution in [2.24, 2.45) is 0 Å². The van der Waals surface area contributed by atoms with Gasteiger partial charge in [-0.15, -0.1) is 0 Å². The Bertz CT molecular complexity index is 513. The molecule has 0 N–H and O–H groups in total. The van der Waals surface area contributed by atoms with Crippen LogP contribution in [0.15, 0.2) is 30.5 Å². The van der Waals surface area contributed by atoms with Gasteiger partial charge in [-0.05, 0) is 36.6 Å². The molecule has 2 aromatic rings. The summed E-state index contributed by atoms with van der Waals surface area (Å²) < 4.78 is 0. The van der Waals surface area contributed by atoms with Gasteiger partial charge in [-0.1, -0.05) is 46.9 Å². The van der Waals surface area contributed by atoms with Crippen LogP contribution < -0.4 is 0 Å². The summed E-state index contributed by atoms with van der Waals surface area (Å²) in [5.74, 6) is 0. The highest BCUT2D eigenvalue weighted by atomic mass is 79.9. The van der Waals surface area contributed by atoms with Gasteiger partial charge in [-0.25, -0.2) is 0 Å². The summed E-state index contributed by atoms with van der Waals surface area (Å²) in [7, 11) is 0. The Kier molecular flexibility index (Phi) is 4.41. The second kappa shape index (κ2) is 5.83. The average molecular weight is 313 g/mol. The van der Waals surface area contributed by atoms with Crippen LogP contribution >= 0.6 is 27.5 Å². The zero-order chi connectivity index (χ0) is 12.3. The summed E-state index contributed by atoms with van der Waals surface area (Å²) in [6, 6.07) is 8.01. The van der Waals surface area contributed by atoms with E-state index in [1.54, 1.807) is 0 Å². The number of fused-ring (bicyclic) bond motifs is 1. The predicted octanol–water partition coefficient (Wildman–Crippen LogP) is 4.99. The Balaban J connectivity index is 2.34. The fourth-order valence-corrected chi connectivity index (χ4v) is 2.99. The van der Waals surface area contributed by atoms with Crippen molar-refractivity contribution in [2.75, 3.05) is 0 Å². The Labute approximate surface area is 115 Å². The second-order valence-corrected chi connectivity index (χ2v) is 5.95. The molecule has 2 rings (SSSR count). The van der Waals surface area contributed by atoms with E-state index < -0.39 is 0 Å². The first-order valence-corrected chi connectivity index (χ1v) is 7.17. The van der Waals surface area contributed by atoms with Crippen molar-refractivity contribution in [2.45, 2.75) is 31.0 Å². The van der Waals surface area contributed by atoms with Gasteiger partial charge in [0, 0.05) is 21.4 Å². The van der Waals surface area contributed by atoms with Crippen LogP contribution in [0.25, 0.3) is 10.9 Å². The monoisotopic (exact) mass is 311 g/mol. The van der Waals surface area contributed by atoms with Crippen molar-refractivity contribution in [3.8, 4) is 0 Å². The van der Waals surface area contributed by atoms with Crippen molar-refractivity contribution in [3.05, 3.63) is 41.0 Å². The minimum Gasteiger partial charge on any atom is -0.256 e. The van der Waals surface area contributed by atoms with E-state index in [4.69, 9.17) is 11.6 Å². The number of alkyl halides is 1. The first kappa shape index (κ1) is 12.8. The fraction of sp³-hybridized carbons (Fsp3) is 0.357. The van der Waals surface area contributed by atoms with Gasteiger partial charge in [-0.2, -0.15) is 0 Å². The van der Waals surface area contributed by atoms with Crippen LogP contribution in [-0.4, -0.2) is 9.81 Å². The van der Waals surface area contributed by atoms with E-state index in [9.17, 15) is 0 Å². The maximum Gasteiger partial charge on any atom is 0.0719 e. The highest BCUT2D eigenvalue weighted by Gasteiger charge is 2.08. The number of nitrogens with zero attached hydrogens (tertiary/aromatic N) is 1. The van der Waals surface area contributed by atoms with Gasteiger partial charge >= 0.3 is 0 Å². The molecular weight excluding hydrogens is 298 g/mol. The van der Waals surface area contributed by atoms with Crippen molar-refractivity contribution >= 4 is 38.4 Å². The van der Waals surface area contributed by atoms with Crippen LogP contribution in [0.3, 0.4) is 0 Å². The van der Waals surface area contributed by atoms with E-state index >= 15 is 0 Å². The topological polar surface area (TPSA) is 12.9 Å². The summed E-state index contributed by atoms with van der Waals surface area (Å²) in [4.78, 5) is 4.89. The van der Waals surface area contributed by atoms with Gasteiger partial charge in [-0.3, -0.25) is 4.98 Å². The van der Waals surface area contributed by atoms with Gasteiger partial charge < -0.3 is 0 Å². The summed E-state index contributed by atoms with van der Waals surface area (Å²) >= 11 is 9.71. The molecule has 90 valence electrons. The predicted molar refractivity (Wildman–Crippen MR) is 78.1 cm³/mol. The molecule has 0 aliphatic carbocycles. The molecule has 1 atom stereocenters. The Morgan fingerprint density at radius 3 is 2.94 bits per heavy atom. The molecule has 0 spiro atoms. The molecule has 17 heavy (non-hydrogen) atoms. The number of benzene rings is 1. The first-order valence-electron chi connectivity index (χ1n) is 5.88. The lowest BCUT2D eigenvalue weighted by Gasteiger charge is -2.10. The molecule has 0 aliphatic rings. The Hall–Kier alpha value is -0.600. The van der Waals surface area contributed by atoms with E-state index in [1.165, 1.54) is 23.8 Å². The van der Waals surface area contributed by atoms with Crippen molar-refractivity contribution < 1.29 is 0 Å². The molecule has 1 nitrogen and oxygen atoms in total. The molecule has 1 aromatic heterocycles. The normalized spacial score (nSPS) is 12.9. The molecule has 0 bridgehead atoms. The van der Waals surface area contributed by atoms with Gasteiger partial charge in [0.2, 0.25) is 0 Å². The number of halogens is 2. The maximum atomic E-state index is 5.98. The van der Waals surface area contributed by atoms with E-state index in [0.717, 1.165) is 17.0 Å². The van der Waals surface area contributed by atoms with Crippen LogP contribution in [0.4, 0.5) is 0 Å². The molecule has 3 heteroatoms.